The Bertz CT molecular complexity index is 984. The van der Waals surface area contributed by atoms with Gasteiger partial charge in [0.05, 0.1) is 0 Å². The van der Waals surface area contributed by atoms with Crippen molar-refractivity contribution in [3.05, 3.63) is 36.5 Å². The van der Waals surface area contributed by atoms with E-state index in [1.165, 1.54) is 128 Å². The van der Waals surface area contributed by atoms with E-state index in [2.05, 4.69) is 57.2 Å². The SMILES string of the molecule is CCC/C=C\CCCCCCCC(=O)OCC(COC(=O)CCCCCCC/C=C\CCCCCCCCC)OC(=O)CCCCCCC/C=C\CCCCCCC. The first-order valence-electron chi connectivity index (χ1n) is 25.0. The maximum Gasteiger partial charge on any atom is 0.306 e. The average Bonchev–Trinajstić information content (AvgIpc) is 3.22. The lowest BCUT2D eigenvalue weighted by Gasteiger charge is -2.18. The number of hydrogen-bond acceptors (Lipinski definition) is 6. The molecule has 0 saturated carbocycles. The van der Waals surface area contributed by atoms with Gasteiger partial charge < -0.3 is 14.2 Å². The number of unbranched alkanes of at least 4 members (excludes halogenated alkanes) is 28. The zero-order valence-electron chi connectivity index (χ0n) is 38.6. The van der Waals surface area contributed by atoms with E-state index in [9.17, 15) is 14.4 Å². The van der Waals surface area contributed by atoms with Crippen LogP contribution in [0.25, 0.3) is 0 Å². The highest BCUT2D eigenvalue weighted by Crippen LogP contribution is 2.14. The quantitative estimate of drug-likeness (QED) is 0.0264. The van der Waals surface area contributed by atoms with Crippen molar-refractivity contribution in [3.8, 4) is 0 Å². The first-order valence-corrected chi connectivity index (χ1v) is 25.0. The molecular weight excluding hydrogens is 721 g/mol. The monoisotopic (exact) mass is 815 g/mol. The number of esters is 3. The van der Waals surface area contributed by atoms with Crippen LogP contribution in [0.3, 0.4) is 0 Å². The van der Waals surface area contributed by atoms with Gasteiger partial charge in [-0.15, -0.1) is 0 Å². The van der Waals surface area contributed by atoms with Gasteiger partial charge in [-0.05, 0) is 89.9 Å². The van der Waals surface area contributed by atoms with Crippen LogP contribution in [0.15, 0.2) is 36.5 Å². The van der Waals surface area contributed by atoms with Crippen LogP contribution >= 0.6 is 0 Å². The molecule has 0 N–H and O–H groups in total. The third-order valence-electron chi connectivity index (χ3n) is 10.8. The molecule has 0 aromatic rings. The average molecular weight is 815 g/mol. The van der Waals surface area contributed by atoms with Crippen molar-refractivity contribution in [2.75, 3.05) is 13.2 Å². The molecule has 0 aromatic heterocycles. The van der Waals surface area contributed by atoms with Crippen LogP contribution in [0.2, 0.25) is 0 Å². The van der Waals surface area contributed by atoms with Crippen LogP contribution in [-0.2, 0) is 28.6 Å². The van der Waals surface area contributed by atoms with Crippen LogP contribution in [0, 0.1) is 0 Å². The summed E-state index contributed by atoms with van der Waals surface area (Å²) in [7, 11) is 0. The van der Waals surface area contributed by atoms with E-state index in [4.69, 9.17) is 14.2 Å². The molecule has 0 aromatic carbocycles. The zero-order valence-corrected chi connectivity index (χ0v) is 38.6. The summed E-state index contributed by atoms with van der Waals surface area (Å²) in [5.41, 5.74) is 0. The van der Waals surface area contributed by atoms with Gasteiger partial charge in [0.15, 0.2) is 6.10 Å². The lowest BCUT2D eigenvalue weighted by Crippen LogP contribution is -2.30. The molecule has 0 fully saturated rings. The van der Waals surface area contributed by atoms with Crippen molar-refractivity contribution < 1.29 is 28.6 Å². The van der Waals surface area contributed by atoms with E-state index in [1.54, 1.807) is 0 Å². The second kappa shape index (κ2) is 47.3. The van der Waals surface area contributed by atoms with Gasteiger partial charge in [0.25, 0.3) is 0 Å². The first kappa shape index (κ1) is 55.6. The molecular formula is C52H94O6. The number of allylic oxidation sites excluding steroid dienone is 6. The molecule has 0 heterocycles. The summed E-state index contributed by atoms with van der Waals surface area (Å²) in [5, 5.41) is 0. The fraction of sp³-hybridized carbons (Fsp3) is 0.827. The van der Waals surface area contributed by atoms with Gasteiger partial charge in [0.2, 0.25) is 0 Å². The highest BCUT2D eigenvalue weighted by molar-refractivity contribution is 5.71. The molecule has 0 aliphatic carbocycles. The molecule has 0 rings (SSSR count). The highest BCUT2D eigenvalue weighted by atomic mass is 16.6. The molecule has 0 radical (unpaired) electrons. The van der Waals surface area contributed by atoms with Crippen LogP contribution in [0.4, 0.5) is 0 Å². The van der Waals surface area contributed by atoms with Gasteiger partial charge in [0, 0.05) is 19.3 Å². The predicted octanol–water partition coefficient (Wildman–Crippen LogP) is 16.1. The molecule has 6 heteroatoms. The summed E-state index contributed by atoms with van der Waals surface area (Å²) in [6.45, 7) is 6.55. The molecule has 0 aliphatic heterocycles. The third-order valence-corrected chi connectivity index (χ3v) is 10.8. The Hall–Kier alpha value is -2.37. The molecule has 6 nitrogen and oxygen atoms in total. The van der Waals surface area contributed by atoms with E-state index in [0.29, 0.717) is 19.3 Å². The second-order valence-electron chi connectivity index (χ2n) is 16.7. The zero-order chi connectivity index (χ0) is 42.3. The fourth-order valence-electron chi connectivity index (χ4n) is 7.02. The second-order valence-corrected chi connectivity index (χ2v) is 16.7. The molecule has 0 bridgehead atoms. The van der Waals surface area contributed by atoms with Gasteiger partial charge in [-0.25, -0.2) is 0 Å². The van der Waals surface area contributed by atoms with Crippen LogP contribution in [-0.4, -0.2) is 37.2 Å². The standard InChI is InChI=1S/C52H94O6/c1-4-7-10-13-16-19-22-24-26-27-29-30-33-36-39-42-45-51(54)57-48-49(47-56-50(53)44-41-38-35-32-21-18-15-12-9-6-3)58-52(55)46-43-40-37-34-31-28-25-23-20-17-14-11-8-5-2/h12,15,23,25-27,49H,4-11,13-14,16-22,24,28-48H2,1-3H3/b15-12-,25-23-,27-26-. The molecule has 1 atom stereocenters. The Kier molecular flexibility index (Phi) is 45.4. The summed E-state index contributed by atoms with van der Waals surface area (Å²) >= 11 is 0. The topological polar surface area (TPSA) is 78.9 Å². The highest BCUT2D eigenvalue weighted by Gasteiger charge is 2.19. The van der Waals surface area contributed by atoms with E-state index in [1.807, 2.05) is 0 Å². The van der Waals surface area contributed by atoms with Crippen LogP contribution < -0.4 is 0 Å². The van der Waals surface area contributed by atoms with Crippen molar-refractivity contribution >= 4 is 17.9 Å². The summed E-state index contributed by atoms with van der Waals surface area (Å²) in [6.07, 6.45) is 54.1. The molecule has 1 unspecified atom stereocenters. The van der Waals surface area contributed by atoms with Gasteiger partial charge in [-0.1, -0.05) is 186 Å². The Morgan fingerprint density at radius 1 is 0.328 bits per heavy atom. The van der Waals surface area contributed by atoms with Gasteiger partial charge in [-0.2, -0.15) is 0 Å². The minimum Gasteiger partial charge on any atom is -0.462 e. The summed E-state index contributed by atoms with van der Waals surface area (Å²) in [5.74, 6) is -0.903. The van der Waals surface area contributed by atoms with Crippen molar-refractivity contribution in [3.63, 3.8) is 0 Å². The first-order chi connectivity index (χ1) is 28.5. The van der Waals surface area contributed by atoms with Crippen molar-refractivity contribution in [2.45, 2.75) is 264 Å². The lowest BCUT2D eigenvalue weighted by molar-refractivity contribution is -0.167. The summed E-state index contributed by atoms with van der Waals surface area (Å²) in [6, 6.07) is 0. The van der Waals surface area contributed by atoms with E-state index >= 15 is 0 Å². The Balaban J connectivity index is 4.36. The molecule has 338 valence electrons. The maximum absolute atomic E-state index is 12.7. The number of carbonyl (C=O) groups is 3. The number of rotatable bonds is 45. The molecule has 0 aliphatic rings. The largest absolute Gasteiger partial charge is 0.462 e. The minimum absolute atomic E-state index is 0.0813. The number of carbonyl (C=O) groups excluding carboxylic acids is 3. The molecule has 0 spiro atoms. The van der Waals surface area contributed by atoms with Crippen molar-refractivity contribution in [1.29, 1.82) is 0 Å². The Morgan fingerprint density at radius 3 is 0.931 bits per heavy atom. The van der Waals surface area contributed by atoms with E-state index in [0.717, 1.165) is 89.9 Å². The number of hydrogen-bond donors (Lipinski definition) is 0. The fourth-order valence-corrected chi connectivity index (χ4v) is 7.02. The third kappa shape index (κ3) is 44.7. The van der Waals surface area contributed by atoms with Gasteiger partial charge in [-0.3, -0.25) is 14.4 Å². The lowest BCUT2D eigenvalue weighted by atomic mass is 10.1. The molecule has 0 saturated heterocycles. The van der Waals surface area contributed by atoms with Crippen molar-refractivity contribution in [2.24, 2.45) is 0 Å². The van der Waals surface area contributed by atoms with Crippen LogP contribution in [0.5, 0.6) is 0 Å². The summed E-state index contributed by atoms with van der Waals surface area (Å²) < 4.78 is 16.7. The predicted molar refractivity (Wildman–Crippen MR) is 247 cm³/mol. The maximum atomic E-state index is 12.7. The van der Waals surface area contributed by atoms with Gasteiger partial charge in [0.1, 0.15) is 13.2 Å². The van der Waals surface area contributed by atoms with E-state index < -0.39 is 6.10 Å². The van der Waals surface area contributed by atoms with Gasteiger partial charge >= 0.3 is 17.9 Å². The Morgan fingerprint density at radius 2 is 0.603 bits per heavy atom. The molecule has 0 amide bonds. The normalized spacial score (nSPS) is 12.3. The van der Waals surface area contributed by atoms with E-state index in [-0.39, 0.29) is 31.1 Å². The van der Waals surface area contributed by atoms with Crippen molar-refractivity contribution in [1.82, 2.24) is 0 Å². The number of ether oxygens (including phenoxy) is 3. The minimum atomic E-state index is -0.779. The smallest absolute Gasteiger partial charge is 0.306 e. The van der Waals surface area contributed by atoms with Crippen LogP contribution in [0.1, 0.15) is 258 Å². The molecule has 58 heavy (non-hydrogen) atoms. The Labute approximate surface area is 359 Å². The summed E-state index contributed by atoms with van der Waals surface area (Å²) in [4.78, 5) is 37.8.